The van der Waals surface area contributed by atoms with Gasteiger partial charge in [-0.3, -0.25) is 14.4 Å². The number of hydrogen-bond donors (Lipinski definition) is 7. The largest absolute Gasteiger partial charge is 0.519 e. The number of ether oxygens (including phenoxy) is 3. The van der Waals surface area contributed by atoms with Crippen molar-refractivity contribution in [1.82, 2.24) is 50.6 Å². The highest BCUT2D eigenvalue weighted by Crippen LogP contribution is 2.38. The fourth-order valence-electron chi connectivity index (χ4n) is 17.1. The third-order valence-electron chi connectivity index (χ3n) is 24.4. The van der Waals surface area contributed by atoms with Crippen molar-refractivity contribution in [1.29, 1.82) is 0 Å². The first kappa shape index (κ1) is 104. The van der Waals surface area contributed by atoms with E-state index in [1.54, 1.807) is 67.7 Å². The molecule has 0 amide bonds. The molecule has 3 heterocycles. The van der Waals surface area contributed by atoms with E-state index in [0.717, 1.165) is 113 Å². The molecule has 3 aliphatic rings. The van der Waals surface area contributed by atoms with Gasteiger partial charge >= 0.3 is 12.3 Å². The molecule has 18 rings (SSSR count). The highest BCUT2D eigenvalue weighted by atomic mass is 35.5. The minimum absolute atomic E-state index is 0. The lowest BCUT2D eigenvalue weighted by atomic mass is 9.92. The van der Waals surface area contributed by atoms with Crippen molar-refractivity contribution in [3.63, 3.8) is 0 Å². The molecule has 15 aromatic rings. The molecule has 3 saturated carbocycles. The van der Waals surface area contributed by atoms with E-state index in [1.165, 1.54) is 104 Å². The van der Waals surface area contributed by atoms with Gasteiger partial charge in [0.1, 0.15) is 28.3 Å². The van der Waals surface area contributed by atoms with Crippen LogP contribution in [0.3, 0.4) is 0 Å². The van der Waals surface area contributed by atoms with E-state index >= 15 is 0 Å². The first-order valence-electron chi connectivity index (χ1n) is 48.5. The molecule has 0 spiro atoms. The standard InChI is InChI=1S/C35H35N3O.C34H30N4O.C34H34N4O.C10H18O5.C4H13N3.ClH/c1-3-25-9-7-14-30(21-25)38-33(19-24(2)37-38)34(39)22-27-10-6-13-29(20-27)35(36-23-26-17-18-26)32-16-8-12-28-11-4-5-15-31(28)32;1-23-18-32(38(37-23)29-13-7-12-28(21-29)35-2)33(39)20-25-8-5-11-27(19-25)34(36-22-24-16-17-24)31-15-6-10-26-9-3-4-14-30(26)31;1-23-17-32(38(37-23)29-12-5-8-26(19-29)21-35)33(39)20-25-7-4-11-28(18-25)34(36-22-24-15-16-24)31-14-6-10-27-9-2-3-13-30(27)31;1-9(2,3)14-7(11)13-8(12)15-10(4,5)6;5-1-3-7-4-2-6;/h4-16,19-21,26,35-36H,3,17-18,22-23H2,1-2H3;3-15,18-19,21,24,34,36H,16-17,20,22H2,1H3;2-14,17-19,24,34,36H,15-16,20-22,35H2,1H3;1-6H3;7H,1-6H2;1H. The van der Waals surface area contributed by atoms with Gasteiger partial charge < -0.3 is 52.7 Å². The van der Waals surface area contributed by atoms with Gasteiger partial charge in [-0.05, 0) is 293 Å². The van der Waals surface area contributed by atoms with Crippen molar-refractivity contribution in [2.75, 3.05) is 45.8 Å². The zero-order valence-electron chi connectivity index (χ0n) is 81.9. The van der Waals surface area contributed by atoms with E-state index in [0.29, 0.717) is 60.9 Å². The number of benzene rings is 12. The van der Waals surface area contributed by atoms with Crippen LogP contribution < -0.4 is 38.5 Å². The molecule has 12 aromatic carbocycles. The number of fused-ring (bicyclic) bond motifs is 3. The number of nitrogens with two attached hydrogens (primary N) is 3. The Morgan fingerprint density at radius 3 is 1.03 bits per heavy atom. The normalized spacial score (nSPS) is 13.4. The summed E-state index contributed by atoms with van der Waals surface area (Å²) >= 11 is 0. The van der Waals surface area contributed by atoms with Gasteiger partial charge in [0.2, 0.25) is 0 Å². The molecule has 3 atom stereocenters. The maximum Gasteiger partial charge on any atom is 0.519 e. The molecule has 3 unspecified atom stereocenters. The molecule has 3 aromatic heterocycles. The number of hydrogen-bond acceptors (Lipinski definition) is 18. The minimum atomic E-state index is -1.06. The third-order valence-corrected chi connectivity index (χ3v) is 24.4. The van der Waals surface area contributed by atoms with Crippen LogP contribution in [0.1, 0.15) is 215 Å². The van der Waals surface area contributed by atoms with E-state index in [2.05, 4.69) is 253 Å². The average Bonchev–Trinajstić information content (AvgIpc) is 1.36. The van der Waals surface area contributed by atoms with E-state index in [-0.39, 0.29) is 54.3 Å². The molecule has 3 aliphatic carbocycles. The SMILES string of the molecule is CC(C)(C)OC(=O)OC(=O)OC(C)(C)C.CCc1cccc(-n2nc(C)cc2C(=O)Cc2cccc(C(NCC3CC3)c3cccc4ccccc34)c2)c1.Cc1cc(C(=O)Cc2cccc(C(NCC3CC3)c3cccc4ccccc34)c2)n(-c2cccc(CN)c2)n1.Cl.NCCNCCN.[C-]#[N+]c1cccc(-n2nc(C)cc2C(=O)Cc2cccc(C(NCC3CC3)c3cccc4ccccc34)c2)c1. The van der Waals surface area contributed by atoms with Gasteiger partial charge in [-0.25, -0.2) is 28.5 Å². The molecule has 0 radical (unpaired) electrons. The van der Waals surface area contributed by atoms with E-state index in [1.807, 2.05) is 99.6 Å². The average molecular weight is 1900 g/mol. The zero-order chi connectivity index (χ0) is 98.1. The van der Waals surface area contributed by atoms with Crippen molar-refractivity contribution in [2.45, 2.75) is 169 Å². The van der Waals surface area contributed by atoms with Crippen molar-refractivity contribution < 1.29 is 38.2 Å². The van der Waals surface area contributed by atoms with E-state index in [9.17, 15) is 24.0 Å². The Morgan fingerprint density at radius 1 is 0.393 bits per heavy atom. The first-order valence-corrected chi connectivity index (χ1v) is 48.5. The maximum atomic E-state index is 13.6. The summed E-state index contributed by atoms with van der Waals surface area (Å²) in [6.07, 6.45) is 7.51. The number of aromatic nitrogens is 6. The molecular weight excluding hydrogens is 1760 g/mol. The monoisotopic (exact) mass is 1890 g/mol. The second-order valence-electron chi connectivity index (χ2n) is 38.2. The highest BCUT2D eigenvalue weighted by molar-refractivity contribution is 5.99. The lowest BCUT2D eigenvalue weighted by Gasteiger charge is -2.22. The molecule has 10 N–H and O–H groups in total. The Bertz CT molecular complexity index is 6510. The molecule has 0 bridgehead atoms. The summed E-state index contributed by atoms with van der Waals surface area (Å²) in [7, 11) is 0. The van der Waals surface area contributed by atoms with Crippen LogP contribution in [0, 0.1) is 45.1 Å². The Labute approximate surface area is 828 Å². The number of nitrogens with zero attached hydrogens (tertiary/aromatic N) is 7. The Morgan fingerprint density at radius 2 is 0.700 bits per heavy atom. The van der Waals surface area contributed by atoms with Crippen LogP contribution in [0.25, 0.3) is 54.2 Å². The van der Waals surface area contributed by atoms with Gasteiger partial charge in [-0.15, -0.1) is 12.4 Å². The van der Waals surface area contributed by atoms with E-state index in [4.69, 9.17) is 33.2 Å². The lowest BCUT2D eigenvalue weighted by molar-refractivity contribution is -0.0294. The number of ketones is 3. The number of Topliss-reactive ketones (excluding diaryl/α,β-unsaturated/α-hetero) is 3. The van der Waals surface area contributed by atoms with Crippen LogP contribution in [0.2, 0.25) is 0 Å². The molecule has 140 heavy (non-hydrogen) atoms. The first-order chi connectivity index (χ1) is 67.2. The smallest absolute Gasteiger partial charge is 0.428 e. The molecule has 22 nitrogen and oxygen atoms in total. The van der Waals surface area contributed by atoms with Gasteiger partial charge in [0.05, 0.1) is 58.8 Å². The summed E-state index contributed by atoms with van der Waals surface area (Å²) in [6, 6.07) is 99.8. The Balaban J connectivity index is 0.000000159. The van der Waals surface area contributed by atoms with Crippen molar-refractivity contribution in [3.8, 4) is 17.1 Å². The number of carbonyl (C=O) groups excluding carboxylic acids is 5. The summed E-state index contributed by atoms with van der Waals surface area (Å²) in [5, 5.41) is 35.9. The van der Waals surface area contributed by atoms with Crippen molar-refractivity contribution in [3.05, 3.63) is 398 Å². The van der Waals surface area contributed by atoms with Gasteiger partial charge in [0.25, 0.3) is 0 Å². The molecule has 3 fully saturated rings. The topological polar surface area (TPSA) is 297 Å². The summed E-state index contributed by atoms with van der Waals surface area (Å²) in [5.74, 6) is 2.38. The van der Waals surface area contributed by atoms with Gasteiger partial charge in [-0.2, -0.15) is 15.3 Å². The number of halogens is 1. The van der Waals surface area contributed by atoms with Gasteiger partial charge in [0, 0.05) is 52.0 Å². The maximum absolute atomic E-state index is 13.6. The second kappa shape index (κ2) is 49.2. The van der Waals surface area contributed by atoms with Crippen LogP contribution in [-0.2, 0) is 46.4 Å². The number of carbonyl (C=O) groups is 5. The molecule has 0 saturated heterocycles. The quantitative estimate of drug-likeness (QED) is 0.00661. The predicted octanol–water partition coefficient (Wildman–Crippen LogP) is 22.9. The van der Waals surface area contributed by atoms with E-state index < -0.39 is 23.5 Å². The Hall–Kier alpha value is -13.7. The summed E-state index contributed by atoms with van der Waals surface area (Å²) in [6.45, 7) is 31.8. The number of aryl methyl sites for hydroxylation is 4. The predicted molar refractivity (Wildman–Crippen MR) is 563 cm³/mol. The number of nitrogens with one attached hydrogen (secondary N) is 4. The summed E-state index contributed by atoms with van der Waals surface area (Å²) in [5.41, 5.74) is 34.5. The van der Waals surface area contributed by atoms with Crippen LogP contribution in [0.15, 0.2) is 291 Å². The highest BCUT2D eigenvalue weighted by Gasteiger charge is 2.31. The van der Waals surface area contributed by atoms with Crippen molar-refractivity contribution in [2.24, 2.45) is 35.0 Å². The minimum Gasteiger partial charge on any atom is -0.428 e. The summed E-state index contributed by atoms with van der Waals surface area (Å²) in [4.78, 5) is 66.4. The van der Waals surface area contributed by atoms with Crippen LogP contribution in [0.4, 0.5) is 15.3 Å². The fraction of sp³-hybridized carbons (Fsp3) is 0.308. The molecule has 23 heteroatoms. The lowest BCUT2D eigenvalue weighted by Crippen LogP contribution is -2.29. The second-order valence-corrected chi connectivity index (χ2v) is 38.2. The van der Waals surface area contributed by atoms with Crippen LogP contribution >= 0.6 is 12.4 Å². The Kier molecular flexibility index (Phi) is 36.5. The zero-order valence-corrected chi connectivity index (χ0v) is 82.8. The van der Waals surface area contributed by atoms with Crippen LogP contribution in [0.5, 0.6) is 0 Å². The van der Waals surface area contributed by atoms with Crippen molar-refractivity contribution >= 4 is 80.1 Å². The van der Waals surface area contributed by atoms with Crippen LogP contribution in [-0.4, -0.2) is 116 Å². The summed E-state index contributed by atoms with van der Waals surface area (Å²) < 4.78 is 19.0. The fourth-order valence-corrected chi connectivity index (χ4v) is 17.1. The molecule has 724 valence electrons. The molecular formula is C117H131ClN14O8. The number of rotatable bonds is 33. The molecule has 0 aliphatic heterocycles. The third kappa shape index (κ3) is 29.5. The van der Waals surface area contributed by atoms with Gasteiger partial charge in [-0.1, -0.05) is 244 Å². The van der Waals surface area contributed by atoms with Gasteiger partial charge in [0.15, 0.2) is 23.0 Å².